The molecule has 8 nitrogen and oxygen atoms in total. The van der Waals surface area contributed by atoms with Gasteiger partial charge in [0.1, 0.15) is 6.35 Å². The van der Waals surface area contributed by atoms with Crippen LogP contribution in [0.1, 0.15) is 18.4 Å². The van der Waals surface area contributed by atoms with E-state index in [1.165, 1.54) is 10.8 Å². The highest BCUT2D eigenvalue weighted by Gasteiger charge is 2.43. The summed E-state index contributed by atoms with van der Waals surface area (Å²) in [4.78, 5) is 42.6. The Balaban J connectivity index is 2.03. The molecule has 9 heteroatoms. The molecule has 0 atom stereocenters. The van der Waals surface area contributed by atoms with E-state index in [0.717, 1.165) is 12.8 Å². The molecule has 0 saturated heterocycles. The van der Waals surface area contributed by atoms with Crippen LogP contribution in [0.15, 0.2) is 15.8 Å². The summed E-state index contributed by atoms with van der Waals surface area (Å²) in [5.41, 5.74) is -0.726. The fourth-order valence-corrected chi connectivity index (χ4v) is 2.33. The first-order chi connectivity index (χ1) is 9.21. The Morgan fingerprint density at radius 2 is 2.10 bits per heavy atom. The van der Waals surface area contributed by atoms with Gasteiger partial charge >= 0.3 is 13.3 Å². The second-order valence-corrected chi connectivity index (χ2v) is 6.93. The minimum Gasteiger partial charge on any atom is -0.368 e. The number of rotatable bonds is 6. The van der Waals surface area contributed by atoms with Crippen LogP contribution in [0.4, 0.5) is 0 Å². The first-order valence-corrected chi connectivity index (χ1v) is 7.93. The van der Waals surface area contributed by atoms with E-state index in [0.29, 0.717) is 12.1 Å². The molecule has 112 valence electrons. The number of aromatic nitrogens is 2. The van der Waals surface area contributed by atoms with Gasteiger partial charge in [-0.1, -0.05) is 0 Å². The van der Waals surface area contributed by atoms with Gasteiger partial charge in [0, 0.05) is 23.7 Å². The maximum atomic E-state index is 11.7. The van der Waals surface area contributed by atoms with Crippen LogP contribution in [-0.2, 0) is 15.8 Å². The Bertz CT molecular complexity index is 654. The van der Waals surface area contributed by atoms with Gasteiger partial charge in [-0.2, -0.15) is 0 Å². The molecule has 0 radical (unpaired) electrons. The number of aromatic amines is 1. The molecule has 1 aliphatic rings. The first-order valence-electron chi connectivity index (χ1n) is 6.14. The molecule has 2 rings (SSSR count). The first kappa shape index (κ1) is 15.2. The molecular weight excluding hydrogens is 287 g/mol. The fraction of sp³-hybridized carbons (Fsp3) is 0.636. The van der Waals surface area contributed by atoms with Crippen molar-refractivity contribution in [2.75, 3.05) is 13.0 Å². The van der Waals surface area contributed by atoms with Gasteiger partial charge in [0.25, 0.3) is 5.56 Å². The number of nitrogens with zero attached hydrogens (tertiary/aromatic N) is 1. The van der Waals surface area contributed by atoms with Crippen LogP contribution in [0, 0.1) is 12.3 Å². The van der Waals surface area contributed by atoms with Crippen LogP contribution in [0.5, 0.6) is 0 Å². The lowest BCUT2D eigenvalue weighted by atomic mass is 10.1. The molecule has 20 heavy (non-hydrogen) atoms. The number of H-pyrrole nitrogens is 1. The van der Waals surface area contributed by atoms with Crippen molar-refractivity contribution in [3.63, 3.8) is 0 Å². The maximum Gasteiger partial charge on any atom is 0.350 e. The van der Waals surface area contributed by atoms with E-state index in [9.17, 15) is 14.2 Å². The lowest BCUT2D eigenvalue weighted by Gasteiger charge is -2.17. The van der Waals surface area contributed by atoms with Gasteiger partial charge in [-0.25, -0.2) is 4.79 Å². The van der Waals surface area contributed by atoms with E-state index in [-0.39, 0.29) is 12.0 Å². The molecule has 1 saturated carbocycles. The number of nitrogens with one attached hydrogen (secondary N) is 1. The van der Waals surface area contributed by atoms with Crippen molar-refractivity contribution < 1.29 is 19.1 Å². The molecule has 1 aromatic heterocycles. The van der Waals surface area contributed by atoms with Crippen molar-refractivity contribution >= 4 is 7.60 Å². The summed E-state index contributed by atoms with van der Waals surface area (Å²) in [5, 5.41) is 0. The van der Waals surface area contributed by atoms with Gasteiger partial charge < -0.3 is 14.5 Å². The molecule has 3 N–H and O–H groups in total. The number of hydrogen-bond donors (Lipinski definition) is 3. The summed E-state index contributed by atoms with van der Waals surface area (Å²) in [5.74, 6) is 0. The molecule has 0 unspecified atom stereocenters. The molecule has 1 aliphatic carbocycles. The van der Waals surface area contributed by atoms with Crippen LogP contribution < -0.4 is 11.2 Å². The summed E-state index contributed by atoms with van der Waals surface area (Å²) in [6, 6.07) is 0. The van der Waals surface area contributed by atoms with Crippen molar-refractivity contribution in [1.29, 1.82) is 0 Å². The number of hydrogen-bond acceptors (Lipinski definition) is 4. The Morgan fingerprint density at radius 1 is 1.45 bits per heavy atom. The molecular formula is C11H17N2O6P. The van der Waals surface area contributed by atoms with Gasteiger partial charge in [-0.3, -0.25) is 18.9 Å². The smallest absolute Gasteiger partial charge is 0.350 e. The summed E-state index contributed by atoms with van der Waals surface area (Å²) in [6.07, 6.45) is 2.51. The van der Waals surface area contributed by atoms with E-state index in [1.54, 1.807) is 6.92 Å². The Morgan fingerprint density at radius 3 is 2.65 bits per heavy atom. The van der Waals surface area contributed by atoms with Gasteiger partial charge in [-0.05, 0) is 19.8 Å². The van der Waals surface area contributed by atoms with Crippen LogP contribution in [0.3, 0.4) is 0 Å². The largest absolute Gasteiger partial charge is 0.368 e. The van der Waals surface area contributed by atoms with E-state index in [1.807, 2.05) is 0 Å². The summed E-state index contributed by atoms with van der Waals surface area (Å²) in [7, 11) is -4.17. The van der Waals surface area contributed by atoms with Crippen molar-refractivity contribution in [1.82, 2.24) is 9.55 Å². The number of ether oxygens (including phenoxy) is 1. The molecule has 1 heterocycles. The van der Waals surface area contributed by atoms with Crippen molar-refractivity contribution in [3.05, 3.63) is 32.6 Å². The van der Waals surface area contributed by atoms with Crippen LogP contribution >= 0.6 is 7.60 Å². The normalized spacial score (nSPS) is 17.1. The molecule has 0 aliphatic heterocycles. The Kier molecular flexibility index (Phi) is 4.02. The molecule has 0 bridgehead atoms. The monoisotopic (exact) mass is 304 g/mol. The molecule has 1 aromatic rings. The third-order valence-electron chi connectivity index (χ3n) is 3.32. The lowest BCUT2D eigenvalue weighted by Crippen LogP contribution is -2.34. The molecule has 0 spiro atoms. The lowest BCUT2D eigenvalue weighted by molar-refractivity contribution is 0.103. The molecule has 1 fully saturated rings. The zero-order valence-corrected chi connectivity index (χ0v) is 11.9. The van der Waals surface area contributed by atoms with Crippen molar-refractivity contribution in [2.24, 2.45) is 5.41 Å². The average Bonchev–Trinajstić information content (AvgIpc) is 3.04. The zero-order valence-electron chi connectivity index (χ0n) is 11.0. The highest BCUT2D eigenvalue weighted by Crippen LogP contribution is 2.48. The van der Waals surface area contributed by atoms with Crippen LogP contribution in [0.25, 0.3) is 0 Å². The highest BCUT2D eigenvalue weighted by molar-refractivity contribution is 7.51. The summed E-state index contributed by atoms with van der Waals surface area (Å²) < 4.78 is 17.2. The topological polar surface area (TPSA) is 122 Å². The van der Waals surface area contributed by atoms with E-state index >= 15 is 0 Å². The minimum absolute atomic E-state index is 0.183. The standard InChI is InChI=1S/C11H17N2O6P/c1-8-4-13(10(15)12-9(8)14)5-11(2-3-11)6-19-7-20(16,17)18/h4H,2-3,5-7H2,1H3,(H,12,14,15)(H2,16,17,18). The SMILES string of the molecule is Cc1cn(CC2(COCP(=O)(O)O)CC2)c(=O)[nH]c1=O. The maximum absolute atomic E-state index is 11.7. The van der Waals surface area contributed by atoms with Gasteiger partial charge in [0.2, 0.25) is 0 Å². The van der Waals surface area contributed by atoms with Gasteiger partial charge in [0.15, 0.2) is 0 Å². The van der Waals surface area contributed by atoms with E-state index < -0.39 is 25.2 Å². The molecule has 0 aromatic carbocycles. The van der Waals surface area contributed by atoms with E-state index in [2.05, 4.69) is 4.98 Å². The summed E-state index contributed by atoms with van der Waals surface area (Å²) >= 11 is 0. The third kappa shape index (κ3) is 3.89. The van der Waals surface area contributed by atoms with Crippen molar-refractivity contribution in [3.8, 4) is 0 Å². The van der Waals surface area contributed by atoms with Crippen molar-refractivity contribution in [2.45, 2.75) is 26.3 Å². The molecule has 0 amide bonds. The second kappa shape index (κ2) is 5.29. The predicted octanol–water partition coefficient (Wildman–Crippen LogP) is -0.223. The van der Waals surface area contributed by atoms with Crippen LogP contribution in [0.2, 0.25) is 0 Å². The third-order valence-corrected chi connectivity index (χ3v) is 3.84. The predicted molar refractivity (Wildman–Crippen MR) is 70.6 cm³/mol. The average molecular weight is 304 g/mol. The Labute approximate surface area is 114 Å². The van der Waals surface area contributed by atoms with Gasteiger partial charge in [-0.15, -0.1) is 0 Å². The summed E-state index contributed by atoms with van der Waals surface area (Å²) in [6.45, 7) is 2.16. The zero-order chi connectivity index (χ0) is 15.0. The highest BCUT2D eigenvalue weighted by atomic mass is 31.2. The van der Waals surface area contributed by atoms with Crippen LogP contribution in [-0.4, -0.2) is 32.3 Å². The quantitative estimate of drug-likeness (QED) is 0.624. The van der Waals surface area contributed by atoms with E-state index in [4.69, 9.17) is 14.5 Å². The second-order valence-electron chi connectivity index (χ2n) is 5.34. The Hall–Kier alpha value is -1.21. The fourth-order valence-electron chi connectivity index (χ4n) is 2.00. The minimum atomic E-state index is -4.17. The number of aryl methyl sites for hydroxylation is 1. The van der Waals surface area contributed by atoms with Gasteiger partial charge in [0.05, 0.1) is 6.61 Å².